The molecule has 0 aliphatic heterocycles. The molecule has 0 unspecified atom stereocenters. The molecule has 1 aromatic heterocycles. The predicted molar refractivity (Wildman–Crippen MR) is 60.5 cm³/mol. The summed E-state index contributed by atoms with van der Waals surface area (Å²) in [6, 6.07) is 0. The van der Waals surface area contributed by atoms with E-state index in [1.807, 2.05) is 13.8 Å². The fraction of sp³-hybridized carbons (Fsp3) is 0.600. The lowest BCUT2D eigenvalue weighted by molar-refractivity contribution is 0.267. The second-order valence-electron chi connectivity index (χ2n) is 3.90. The number of nitrogens with one attached hydrogen (secondary N) is 1. The van der Waals surface area contributed by atoms with Crippen LogP contribution in [0.4, 0.5) is 4.39 Å². The van der Waals surface area contributed by atoms with Gasteiger partial charge in [-0.3, -0.25) is 14.3 Å². The van der Waals surface area contributed by atoms with Gasteiger partial charge in [0.15, 0.2) is 5.15 Å². The van der Waals surface area contributed by atoms with Crippen LogP contribution in [0.2, 0.25) is 5.15 Å². The van der Waals surface area contributed by atoms with Gasteiger partial charge in [-0.2, -0.15) is 4.39 Å². The first-order valence-electron chi connectivity index (χ1n) is 5.08. The van der Waals surface area contributed by atoms with E-state index in [1.165, 1.54) is 0 Å². The van der Waals surface area contributed by atoms with Crippen LogP contribution in [0.25, 0.3) is 0 Å². The lowest BCUT2D eigenvalue weighted by Crippen LogP contribution is -2.48. The van der Waals surface area contributed by atoms with Crippen LogP contribution in [0, 0.1) is 5.82 Å². The summed E-state index contributed by atoms with van der Waals surface area (Å²) in [5.74, 6) is -1.12. The molecule has 1 aromatic rings. The highest BCUT2D eigenvalue weighted by atomic mass is 35.5. The molecule has 4 nitrogen and oxygen atoms in total. The molecule has 0 aromatic carbocycles. The fourth-order valence-corrected chi connectivity index (χ4v) is 1.71. The Bertz CT molecular complexity index is 503. The SMILES string of the molecule is CCC(C)(CC)n1c(=O)[nH]c(Cl)c(F)c1=O. The monoisotopic (exact) mass is 248 g/mol. The van der Waals surface area contributed by atoms with Crippen molar-refractivity contribution in [1.82, 2.24) is 9.55 Å². The highest BCUT2D eigenvalue weighted by Crippen LogP contribution is 2.21. The maximum atomic E-state index is 13.3. The van der Waals surface area contributed by atoms with Crippen LogP contribution in [-0.4, -0.2) is 9.55 Å². The largest absolute Gasteiger partial charge is 0.330 e. The number of H-pyrrole nitrogens is 1. The number of hydrogen-bond acceptors (Lipinski definition) is 2. The molecular formula is C10H14ClFN2O2. The van der Waals surface area contributed by atoms with Crippen molar-refractivity contribution in [2.24, 2.45) is 0 Å². The van der Waals surface area contributed by atoms with Gasteiger partial charge in [-0.1, -0.05) is 25.4 Å². The van der Waals surface area contributed by atoms with E-state index < -0.39 is 27.8 Å². The quantitative estimate of drug-likeness (QED) is 0.831. The smallest absolute Gasteiger partial charge is 0.295 e. The molecule has 0 saturated carbocycles. The number of rotatable bonds is 3. The molecule has 1 heterocycles. The Morgan fingerprint density at radius 2 is 1.88 bits per heavy atom. The average Bonchev–Trinajstić information content (AvgIpc) is 2.25. The standard InChI is InChI=1S/C10H14ClFN2O2/c1-4-10(3,5-2)14-8(15)6(12)7(11)13-9(14)16/h4-5H2,1-3H3,(H,13,16). The van der Waals surface area contributed by atoms with Gasteiger partial charge in [-0.05, 0) is 19.8 Å². The Morgan fingerprint density at radius 3 is 2.31 bits per heavy atom. The third-order valence-electron chi connectivity index (χ3n) is 3.07. The molecule has 1 N–H and O–H groups in total. The zero-order valence-electron chi connectivity index (χ0n) is 9.43. The van der Waals surface area contributed by atoms with E-state index in [9.17, 15) is 14.0 Å². The van der Waals surface area contributed by atoms with Gasteiger partial charge in [0.2, 0.25) is 5.82 Å². The Morgan fingerprint density at radius 1 is 1.38 bits per heavy atom. The number of aromatic nitrogens is 2. The summed E-state index contributed by atoms with van der Waals surface area (Å²) in [6.45, 7) is 5.40. The molecule has 1 rings (SSSR count). The van der Waals surface area contributed by atoms with Gasteiger partial charge in [0.1, 0.15) is 0 Å². The second-order valence-corrected chi connectivity index (χ2v) is 4.28. The molecule has 90 valence electrons. The maximum absolute atomic E-state index is 13.3. The van der Waals surface area contributed by atoms with Crippen molar-refractivity contribution in [2.75, 3.05) is 0 Å². The molecule has 0 amide bonds. The van der Waals surface area contributed by atoms with Gasteiger partial charge >= 0.3 is 5.69 Å². The van der Waals surface area contributed by atoms with Crippen molar-refractivity contribution >= 4 is 11.6 Å². The minimum absolute atomic E-state index is 0.541. The molecule has 0 aliphatic carbocycles. The summed E-state index contributed by atoms with van der Waals surface area (Å²) in [4.78, 5) is 25.4. The highest BCUT2D eigenvalue weighted by molar-refractivity contribution is 6.29. The molecule has 0 saturated heterocycles. The lowest BCUT2D eigenvalue weighted by Gasteiger charge is -2.28. The maximum Gasteiger partial charge on any atom is 0.330 e. The van der Waals surface area contributed by atoms with Crippen molar-refractivity contribution in [3.8, 4) is 0 Å². The normalized spacial score (nSPS) is 11.8. The van der Waals surface area contributed by atoms with E-state index in [4.69, 9.17) is 11.6 Å². The first-order valence-corrected chi connectivity index (χ1v) is 5.46. The van der Waals surface area contributed by atoms with E-state index in [-0.39, 0.29) is 0 Å². The first kappa shape index (κ1) is 13.0. The summed E-state index contributed by atoms with van der Waals surface area (Å²) >= 11 is 5.38. The molecule has 6 heteroatoms. The summed E-state index contributed by atoms with van der Waals surface area (Å²) < 4.78 is 14.2. The van der Waals surface area contributed by atoms with E-state index >= 15 is 0 Å². The highest BCUT2D eigenvalue weighted by Gasteiger charge is 2.27. The molecule has 0 bridgehead atoms. The molecule has 16 heavy (non-hydrogen) atoms. The van der Waals surface area contributed by atoms with Gasteiger partial charge in [0.05, 0.1) is 0 Å². The van der Waals surface area contributed by atoms with E-state index in [0.717, 1.165) is 4.57 Å². The predicted octanol–water partition coefficient (Wildman–Crippen LogP) is 1.86. The van der Waals surface area contributed by atoms with Gasteiger partial charge < -0.3 is 0 Å². The first-order chi connectivity index (χ1) is 7.37. The van der Waals surface area contributed by atoms with Gasteiger partial charge in [0, 0.05) is 5.54 Å². The zero-order chi connectivity index (χ0) is 12.5. The van der Waals surface area contributed by atoms with Crippen LogP contribution in [0.15, 0.2) is 9.59 Å². The van der Waals surface area contributed by atoms with Crippen LogP contribution in [0.3, 0.4) is 0 Å². The van der Waals surface area contributed by atoms with Crippen LogP contribution in [-0.2, 0) is 5.54 Å². The molecule has 0 atom stereocenters. The molecule has 0 fully saturated rings. The Hall–Kier alpha value is -1.10. The summed E-state index contributed by atoms with van der Waals surface area (Å²) in [7, 11) is 0. The van der Waals surface area contributed by atoms with E-state index in [0.29, 0.717) is 12.8 Å². The van der Waals surface area contributed by atoms with Crippen molar-refractivity contribution in [1.29, 1.82) is 0 Å². The van der Waals surface area contributed by atoms with Gasteiger partial charge in [0.25, 0.3) is 5.56 Å². The second kappa shape index (κ2) is 4.41. The molecule has 0 spiro atoms. The summed E-state index contributed by atoms with van der Waals surface area (Å²) in [6.07, 6.45) is 1.10. The molecule has 0 aliphatic rings. The van der Waals surface area contributed by atoms with Crippen molar-refractivity contribution in [2.45, 2.75) is 39.2 Å². The minimum atomic E-state index is -1.12. The topological polar surface area (TPSA) is 54.9 Å². The van der Waals surface area contributed by atoms with Crippen LogP contribution < -0.4 is 11.2 Å². The lowest BCUT2D eigenvalue weighted by atomic mass is 9.95. The van der Waals surface area contributed by atoms with Crippen molar-refractivity contribution in [3.05, 3.63) is 31.8 Å². The average molecular weight is 249 g/mol. The molecule has 0 radical (unpaired) electrons. The zero-order valence-corrected chi connectivity index (χ0v) is 10.2. The van der Waals surface area contributed by atoms with E-state index in [1.54, 1.807) is 6.92 Å². The number of aromatic amines is 1. The van der Waals surface area contributed by atoms with E-state index in [2.05, 4.69) is 4.98 Å². The van der Waals surface area contributed by atoms with Crippen LogP contribution in [0.5, 0.6) is 0 Å². The third kappa shape index (κ3) is 1.91. The Balaban J connectivity index is 3.64. The van der Waals surface area contributed by atoms with Gasteiger partial charge in [-0.15, -0.1) is 0 Å². The summed E-state index contributed by atoms with van der Waals surface area (Å²) in [5, 5.41) is -0.541. The molecular weight excluding hydrogens is 235 g/mol. The Kier molecular flexibility index (Phi) is 3.57. The van der Waals surface area contributed by atoms with Crippen LogP contribution in [0.1, 0.15) is 33.6 Å². The number of hydrogen-bond donors (Lipinski definition) is 1. The number of halogens is 2. The fourth-order valence-electron chi connectivity index (χ4n) is 1.55. The Labute approximate surface area is 97.1 Å². The third-order valence-corrected chi connectivity index (χ3v) is 3.33. The van der Waals surface area contributed by atoms with Gasteiger partial charge in [-0.25, -0.2) is 4.79 Å². The number of nitrogens with zero attached hydrogens (tertiary/aromatic N) is 1. The minimum Gasteiger partial charge on any atom is -0.295 e. The van der Waals surface area contributed by atoms with Crippen molar-refractivity contribution in [3.63, 3.8) is 0 Å². The van der Waals surface area contributed by atoms with Crippen molar-refractivity contribution < 1.29 is 4.39 Å². The summed E-state index contributed by atoms with van der Waals surface area (Å²) in [5.41, 5.74) is -2.35. The van der Waals surface area contributed by atoms with Crippen LogP contribution >= 0.6 is 11.6 Å².